The number of carbonyl (C=O) groups excluding carboxylic acids is 1. The molecule has 8 heteroatoms. The first kappa shape index (κ1) is 16.5. The van der Waals surface area contributed by atoms with Crippen LogP contribution in [0.1, 0.15) is 29.4 Å². The van der Waals surface area contributed by atoms with E-state index < -0.39 is 5.54 Å². The summed E-state index contributed by atoms with van der Waals surface area (Å²) < 4.78 is 5.65. The Balaban J connectivity index is 1.80. The Morgan fingerprint density at radius 3 is 2.67 bits per heavy atom. The largest absolute Gasteiger partial charge is 0.451 e. The summed E-state index contributed by atoms with van der Waals surface area (Å²) in [5.41, 5.74) is 5.61. The van der Waals surface area contributed by atoms with E-state index in [4.69, 9.17) is 21.8 Å². The zero-order valence-electron chi connectivity index (χ0n) is 13.0. The molecule has 6 nitrogen and oxygen atoms in total. The van der Waals surface area contributed by atoms with Gasteiger partial charge in [0.05, 0.1) is 10.6 Å². The van der Waals surface area contributed by atoms with E-state index in [1.54, 1.807) is 18.2 Å². The van der Waals surface area contributed by atoms with Crippen molar-refractivity contribution in [3.63, 3.8) is 0 Å². The molecule has 0 saturated heterocycles. The fourth-order valence-electron chi connectivity index (χ4n) is 2.15. The number of halogens is 1. The van der Waals surface area contributed by atoms with Crippen molar-refractivity contribution in [3.8, 4) is 11.3 Å². The van der Waals surface area contributed by atoms with Crippen molar-refractivity contribution in [1.29, 1.82) is 0 Å². The second-order valence-corrected chi connectivity index (χ2v) is 7.08. The minimum atomic E-state index is -0.719. The molecule has 1 amide bonds. The van der Waals surface area contributed by atoms with Crippen molar-refractivity contribution in [2.45, 2.75) is 19.4 Å². The van der Waals surface area contributed by atoms with Crippen LogP contribution in [0.2, 0.25) is 5.02 Å². The van der Waals surface area contributed by atoms with E-state index in [1.165, 1.54) is 11.3 Å². The van der Waals surface area contributed by atoms with E-state index in [0.29, 0.717) is 20.9 Å². The fourth-order valence-corrected chi connectivity index (χ4v) is 3.05. The third-order valence-electron chi connectivity index (χ3n) is 3.37. The van der Waals surface area contributed by atoms with E-state index >= 15 is 0 Å². The fraction of sp³-hybridized carbons (Fsp3) is 0.188. The Labute approximate surface area is 147 Å². The topological polar surface area (TPSA) is 94.0 Å². The first-order valence-electron chi connectivity index (χ1n) is 7.13. The molecule has 2 heterocycles. The highest BCUT2D eigenvalue weighted by molar-refractivity contribution is 7.15. The molecule has 3 N–H and O–H groups in total. The maximum Gasteiger partial charge on any atom is 0.287 e. The summed E-state index contributed by atoms with van der Waals surface area (Å²) in [6.45, 7) is 3.64. The SMILES string of the molecule is CC(C)(NC(=O)c1ccc(-c2ccccc2Cl)o1)c1nnc(N)s1. The lowest BCUT2D eigenvalue weighted by molar-refractivity contribution is 0.0884. The number of anilines is 1. The molecule has 0 radical (unpaired) electrons. The molecule has 24 heavy (non-hydrogen) atoms. The van der Waals surface area contributed by atoms with Crippen molar-refractivity contribution < 1.29 is 9.21 Å². The lowest BCUT2D eigenvalue weighted by Gasteiger charge is -2.22. The van der Waals surface area contributed by atoms with Gasteiger partial charge in [0.25, 0.3) is 5.91 Å². The molecule has 0 saturated carbocycles. The molecule has 0 spiro atoms. The molecule has 0 aliphatic rings. The lowest BCUT2D eigenvalue weighted by atomic mass is 10.1. The summed E-state index contributed by atoms with van der Waals surface area (Å²) in [6, 6.07) is 10.6. The predicted molar refractivity (Wildman–Crippen MR) is 94.0 cm³/mol. The molecular formula is C16H15ClN4O2S. The van der Waals surface area contributed by atoms with Crippen LogP contribution < -0.4 is 11.1 Å². The van der Waals surface area contributed by atoms with Crippen molar-refractivity contribution in [2.24, 2.45) is 0 Å². The Bertz CT molecular complexity index is 888. The molecule has 2 aromatic heterocycles. The number of furan rings is 1. The summed E-state index contributed by atoms with van der Waals surface area (Å²) >= 11 is 7.38. The van der Waals surface area contributed by atoms with Gasteiger partial charge >= 0.3 is 0 Å². The zero-order valence-corrected chi connectivity index (χ0v) is 14.6. The number of hydrogen-bond donors (Lipinski definition) is 2. The zero-order chi connectivity index (χ0) is 17.3. The number of nitrogen functional groups attached to an aromatic ring is 1. The monoisotopic (exact) mass is 362 g/mol. The van der Waals surface area contributed by atoms with Crippen molar-refractivity contribution in [2.75, 3.05) is 5.73 Å². The lowest BCUT2D eigenvalue weighted by Crippen LogP contribution is -2.40. The highest BCUT2D eigenvalue weighted by atomic mass is 35.5. The second-order valence-electron chi connectivity index (χ2n) is 5.67. The van der Waals surface area contributed by atoms with Crippen molar-refractivity contribution in [1.82, 2.24) is 15.5 Å². The standard InChI is InChI=1S/C16H15ClN4O2S/c1-16(2,14-20-21-15(18)24-14)19-13(22)12-8-7-11(23-12)9-5-3-4-6-10(9)17/h3-8H,1-2H3,(H2,18,21)(H,19,22). The van der Waals surface area contributed by atoms with E-state index in [1.807, 2.05) is 32.0 Å². The normalized spacial score (nSPS) is 11.5. The number of nitrogens with one attached hydrogen (secondary N) is 1. The van der Waals surface area contributed by atoms with Gasteiger partial charge in [-0.1, -0.05) is 35.1 Å². The minimum absolute atomic E-state index is 0.190. The van der Waals surface area contributed by atoms with Gasteiger partial charge in [-0.2, -0.15) is 0 Å². The van der Waals surface area contributed by atoms with Crippen molar-refractivity contribution >= 4 is 34.0 Å². The summed E-state index contributed by atoms with van der Waals surface area (Å²) in [5, 5.41) is 12.1. The van der Waals surface area contributed by atoms with Gasteiger partial charge in [0.15, 0.2) is 5.76 Å². The van der Waals surface area contributed by atoms with Crippen LogP contribution in [0.15, 0.2) is 40.8 Å². The van der Waals surface area contributed by atoms with Crippen LogP contribution in [-0.4, -0.2) is 16.1 Å². The van der Waals surface area contributed by atoms with Crippen LogP contribution in [-0.2, 0) is 5.54 Å². The molecule has 0 bridgehead atoms. The Hall–Kier alpha value is -2.38. The highest BCUT2D eigenvalue weighted by Crippen LogP contribution is 2.30. The van der Waals surface area contributed by atoms with Gasteiger partial charge < -0.3 is 15.5 Å². The van der Waals surface area contributed by atoms with Crippen LogP contribution in [0.4, 0.5) is 5.13 Å². The van der Waals surface area contributed by atoms with Crippen LogP contribution in [0.5, 0.6) is 0 Å². The van der Waals surface area contributed by atoms with E-state index in [-0.39, 0.29) is 11.7 Å². The van der Waals surface area contributed by atoms with Crippen LogP contribution in [0, 0.1) is 0 Å². The average molecular weight is 363 g/mol. The summed E-state index contributed by atoms with van der Waals surface area (Å²) in [6.07, 6.45) is 0. The van der Waals surface area contributed by atoms with Crippen LogP contribution >= 0.6 is 22.9 Å². The van der Waals surface area contributed by atoms with E-state index in [2.05, 4.69) is 15.5 Å². The van der Waals surface area contributed by atoms with E-state index in [9.17, 15) is 4.79 Å². The summed E-state index contributed by atoms with van der Waals surface area (Å²) in [5.74, 6) is 0.367. The number of benzene rings is 1. The number of hydrogen-bond acceptors (Lipinski definition) is 6. The predicted octanol–water partition coefficient (Wildman–Crippen LogP) is 3.70. The van der Waals surface area contributed by atoms with Crippen molar-refractivity contribution in [3.05, 3.63) is 52.2 Å². The molecule has 3 aromatic rings. The molecule has 0 aliphatic heterocycles. The second kappa shape index (κ2) is 6.26. The quantitative estimate of drug-likeness (QED) is 0.738. The molecule has 1 aromatic carbocycles. The minimum Gasteiger partial charge on any atom is -0.451 e. The average Bonchev–Trinajstić information content (AvgIpc) is 3.16. The third kappa shape index (κ3) is 3.27. The smallest absolute Gasteiger partial charge is 0.287 e. The van der Waals surface area contributed by atoms with Gasteiger partial charge in [-0.25, -0.2) is 0 Å². The maximum atomic E-state index is 12.5. The number of aromatic nitrogens is 2. The number of nitrogens with zero attached hydrogens (tertiary/aromatic N) is 2. The molecule has 3 rings (SSSR count). The molecular weight excluding hydrogens is 348 g/mol. The Morgan fingerprint density at radius 1 is 1.25 bits per heavy atom. The molecule has 0 atom stereocenters. The van der Waals surface area contributed by atoms with Gasteiger partial charge in [0, 0.05) is 5.56 Å². The van der Waals surface area contributed by atoms with Gasteiger partial charge in [-0.15, -0.1) is 10.2 Å². The van der Waals surface area contributed by atoms with Gasteiger partial charge in [-0.3, -0.25) is 4.79 Å². The molecule has 124 valence electrons. The van der Waals surface area contributed by atoms with Gasteiger partial charge in [-0.05, 0) is 38.1 Å². The van der Waals surface area contributed by atoms with E-state index in [0.717, 1.165) is 5.56 Å². The number of rotatable bonds is 4. The van der Waals surface area contributed by atoms with Crippen LogP contribution in [0.25, 0.3) is 11.3 Å². The molecule has 0 aliphatic carbocycles. The number of amides is 1. The molecule has 0 unspecified atom stereocenters. The maximum absolute atomic E-state index is 12.5. The Kier molecular flexibility index (Phi) is 4.29. The van der Waals surface area contributed by atoms with Gasteiger partial charge in [0.1, 0.15) is 10.8 Å². The van der Waals surface area contributed by atoms with Gasteiger partial charge in [0.2, 0.25) is 5.13 Å². The number of nitrogens with two attached hydrogens (primary N) is 1. The highest BCUT2D eigenvalue weighted by Gasteiger charge is 2.28. The Morgan fingerprint density at radius 2 is 2.00 bits per heavy atom. The van der Waals surface area contributed by atoms with Crippen LogP contribution in [0.3, 0.4) is 0 Å². The first-order chi connectivity index (χ1) is 11.4. The number of carbonyl (C=O) groups is 1. The molecule has 0 fully saturated rings. The summed E-state index contributed by atoms with van der Waals surface area (Å²) in [4.78, 5) is 12.5. The first-order valence-corrected chi connectivity index (χ1v) is 8.33. The summed E-state index contributed by atoms with van der Waals surface area (Å²) in [7, 11) is 0. The third-order valence-corrected chi connectivity index (χ3v) is 4.78.